The summed E-state index contributed by atoms with van der Waals surface area (Å²) in [5, 5.41) is 0. The third kappa shape index (κ3) is 2.90. The number of Topliss-reactive ketones (excluding diaryl/α,β-unsaturated/α-hetero) is 1. The Labute approximate surface area is 141 Å². The number of hydrogen-bond acceptors (Lipinski definition) is 5. The van der Waals surface area contributed by atoms with Crippen LogP contribution in [0.15, 0.2) is 18.2 Å². The Morgan fingerprint density at radius 1 is 1.38 bits per heavy atom. The fourth-order valence-corrected chi connectivity index (χ4v) is 4.40. The Kier molecular flexibility index (Phi) is 4.33. The van der Waals surface area contributed by atoms with Gasteiger partial charge in [-0.05, 0) is 31.5 Å². The quantitative estimate of drug-likeness (QED) is 0.612. The fourth-order valence-electron chi connectivity index (χ4n) is 2.98. The fraction of sp³-hybridized carbons (Fsp3) is 0.438. The van der Waals surface area contributed by atoms with E-state index in [9.17, 15) is 23.2 Å². The zero-order valence-electron chi connectivity index (χ0n) is 12.9. The van der Waals surface area contributed by atoms with Crippen molar-refractivity contribution in [2.45, 2.75) is 30.7 Å². The summed E-state index contributed by atoms with van der Waals surface area (Å²) in [6, 6.07) is 2.01. The van der Waals surface area contributed by atoms with Gasteiger partial charge in [0.2, 0.25) is 5.91 Å². The number of esters is 1. The number of thioether (sulfide) groups is 1. The first kappa shape index (κ1) is 16.9. The molecule has 0 saturated carbocycles. The minimum atomic E-state index is -1.14. The Morgan fingerprint density at radius 3 is 2.83 bits per heavy atom. The maximum Gasteiger partial charge on any atom is 0.330 e. The zero-order chi connectivity index (χ0) is 17.5. The predicted molar refractivity (Wildman–Crippen MR) is 82.4 cm³/mol. The minimum absolute atomic E-state index is 0.0791. The molecule has 5 nitrogen and oxygen atoms in total. The molecule has 128 valence electrons. The number of amides is 1. The molecule has 2 unspecified atom stereocenters. The van der Waals surface area contributed by atoms with Crippen LogP contribution in [0.25, 0.3) is 0 Å². The smallest absolute Gasteiger partial charge is 0.330 e. The highest BCUT2D eigenvalue weighted by atomic mass is 32.2. The number of nitrogens with zero attached hydrogens (tertiary/aromatic N) is 1. The molecule has 0 aliphatic carbocycles. The minimum Gasteiger partial charge on any atom is -0.456 e. The van der Waals surface area contributed by atoms with Crippen molar-refractivity contribution in [1.29, 1.82) is 0 Å². The van der Waals surface area contributed by atoms with E-state index in [-0.39, 0.29) is 11.5 Å². The summed E-state index contributed by atoms with van der Waals surface area (Å²) >= 11 is 1.52. The first-order chi connectivity index (χ1) is 11.3. The monoisotopic (exact) mass is 355 g/mol. The van der Waals surface area contributed by atoms with E-state index in [1.165, 1.54) is 16.7 Å². The molecule has 0 radical (unpaired) electrons. The van der Waals surface area contributed by atoms with Crippen LogP contribution in [-0.2, 0) is 14.3 Å². The summed E-state index contributed by atoms with van der Waals surface area (Å²) in [5.41, 5.74) is -0.0791. The van der Waals surface area contributed by atoms with Gasteiger partial charge in [0.15, 0.2) is 24.0 Å². The number of ether oxygens (including phenoxy) is 1. The molecule has 24 heavy (non-hydrogen) atoms. The van der Waals surface area contributed by atoms with E-state index in [0.717, 1.165) is 18.2 Å². The SMILES string of the molecule is CC12CCC(=O)N1C(C(=O)OCC(=O)c1ccc(F)c(F)c1)CS2. The average Bonchev–Trinajstić information content (AvgIpc) is 3.04. The average molecular weight is 355 g/mol. The van der Waals surface area contributed by atoms with Crippen LogP contribution in [0.5, 0.6) is 0 Å². The highest BCUT2D eigenvalue weighted by molar-refractivity contribution is 8.01. The molecule has 2 aliphatic heterocycles. The molecule has 2 saturated heterocycles. The first-order valence-electron chi connectivity index (χ1n) is 7.43. The largest absolute Gasteiger partial charge is 0.456 e. The number of hydrogen-bond donors (Lipinski definition) is 0. The van der Waals surface area contributed by atoms with Gasteiger partial charge in [0.25, 0.3) is 0 Å². The standard InChI is InChI=1S/C16H15F2NO4S/c1-16-5-4-14(21)19(16)12(8-24-16)15(22)23-7-13(20)9-2-3-10(17)11(18)6-9/h2-3,6,12H,4-5,7-8H2,1H3. The maximum absolute atomic E-state index is 13.1. The lowest BCUT2D eigenvalue weighted by Crippen LogP contribution is -2.46. The Balaban J connectivity index is 1.62. The van der Waals surface area contributed by atoms with Gasteiger partial charge in [-0.3, -0.25) is 9.59 Å². The summed E-state index contributed by atoms with van der Waals surface area (Å²) in [6.07, 6.45) is 1.06. The van der Waals surface area contributed by atoms with Gasteiger partial charge in [-0.15, -0.1) is 11.8 Å². The van der Waals surface area contributed by atoms with Gasteiger partial charge < -0.3 is 9.64 Å². The molecule has 1 aromatic carbocycles. The number of benzene rings is 1. The molecule has 1 aromatic rings. The normalized spacial score (nSPS) is 25.7. The Bertz CT molecular complexity index is 726. The van der Waals surface area contributed by atoms with Gasteiger partial charge in [-0.1, -0.05) is 0 Å². The predicted octanol–water partition coefficient (Wildman–Crippen LogP) is 2.14. The Morgan fingerprint density at radius 2 is 2.12 bits per heavy atom. The van der Waals surface area contributed by atoms with E-state index in [1.807, 2.05) is 6.92 Å². The summed E-state index contributed by atoms with van der Waals surface area (Å²) in [4.78, 5) is 37.2. The van der Waals surface area contributed by atoms with Crippen molar-refractivity contribution in [1.82, 2.24) is 4.90 Å². The molecule has 8 heteroatoms. The molecule has 0 bridgehead atoms. The van der Waals surface area contributed by atoms with E-state index < -0.39 is 40.9 Å². The number of halogens is 2. The number of carbonyl (C=O) groups excluding carboxylic acids is 3. The molecular weight excluding hydrogens is 340 g/mol. The van der Waals surface area contributed by atoms with Gasteiger partial charge in [-0.2, -0.15) is 0 Å². The second-order valence-electron chi connectivity index (χ2n) is 5.93. The third-order valence-electron chi connectivity index (χ3n) is 4.30. The zero-order valence-corrected chi connectivity index (χ0v) is 13.7. The molecule has 2 aliphatic rings. The van der Waals surface area contributed by atoms with E-state index in [1.54, 1.807) is 0 Å². The molecule has 2 atom stereocenters. The van der Waals surface area contributed by atoms with Gasteiger partial charge >= 0.3 is 5.97 Å². The van der Waals surface area contributed by atoms with Crippen molar-refractivity contribution in [3.63, 3.8) is 0 Å². The Hall–Kier alpha value is -1.96. The molecule has 2 heterocycles. The van der Waals surface area contributed by atoms with Gasteiger partial charge in [0.05, 0.1) is 4.87 Å². The van der Waals surface area contributed by atoms with Crippen molar-refractivity contribution in [3.8, 4) is 0 Å². The summed E-state index contributed by atoms with van der Waals surface area (Å²) in [5.74, 6) is -3.17. The molecule has 0 spiro atoms. The van der Waals surface area contributed by atoms with Crippen LogP contribution in [0.2, 0.25) is 0 Å². The third-order valence-corrected chi connectivity index (χ3v) is 5.81. The van der Waals surface area contributed by atoms with Crippen LogP contribution in [-0.4, -0.2) is 45.8 Å². The molecular formula is C16H15F2NO4S. The first-order valence-corrected chi connectivity index (χ1v) is 8.41. The number of carbonyl (C=O) groups is 3. The van der Waals surface area contributed by atoms with Crippen LogP contribution in [0.3, 0.4) is 0 Å². The van der Waals surface area contributed by atoms with Gasteiger partial charge in [0.1, 0.15) is 6.04 Å². The summed E-state index contributed by atoms with van der Waals surface area (Å²) in [7, 11) is 0. The van der Waals surface area contributed by atoms with E-state index in [4.69, 9.17) is 4.74 Å². The highest BCUT2D eigenvalue weighted by Gasteiger charge is 2.53. The molecule has 1 amide bonds. The van der Waals surface area contributed by atoms with Crippen LogP contribution in [0, 0.1) is 11.6 Å². The van der Waals surface area contributed by atoms with Crippen molar-refractivity contribution in [2.24, 2.45) is 0 Å². The summed E-state index contributed by atoms with van der Waals surface area (Å²) in [6.45, 7) is 1.33. The van der Waals surface area contributed by atoms with Crippen LogP contribution < -0.4 is 0 Å². The summed E-state index contributed by atoms with van der Waals surface area (Å²) < 4.78 is 31.0. The van der Waals surface area contributed by atoms with Crippen LogP contribution >= 0.6 is 11.8 Å². The number of rotatable bonds is 4. The van der Waals surface area contributed by atoms with Crippen molar-refractivity contribution < 1.29 is 27.9 Å². The lowest BCUT2D eigenvalue weighted by atomic mass is 10.1. The molecule has 3 rings (SSSR count). The number of fused-ring (bicyclic) bond motifs is 1. The topological polar surface area (TPSA) is 63.7 Å². The lowest BCUT2D eigenvalue weighted by molar-refractivity contribution is -0.152. The van der Waals surface area contributed by atoms with Crippen molar-refractivity contribution >= 4 is 29.4 Å². The molecule has 2 fully saturated rings. The maximum atomic E-state index is 13.1. The van der Waals surface area contributed by atoms with E-state index >= 15 is 0 Å². The van der Waals surface area contributed by atoms with Crippen LogP contribution in [0.4, 0.5) is 8.78 Å². The van der Waals surface area contributed by atoms with E-state index in [0.29, 0.717) is 18.6 Å². The molecule has 0 aromatic heterocycles. The van der Waals surface area contributed by atoms with Gasteiger partial charge in [0, 0.05) is 17.7 Å². The van der Waals surface area contributed by atoms with Crippen molar-refractivity contribution in [2.75, 3.05) is 12.4 Å². The van der Waals surface area contributed by atoms with Crippen LogP contribution in [0.1, 0.15) is 30.1 Å². The second-order valence-corrected chi connectivity index (χ2v) is 7.43. The highest BCUT2D eigenvalue weighted by Crippen LogP contribution is 2.47. The van der Waals surface area contributed by atoms with Crippen molar-refractivity contribution in [3.05, 3.63) is 35.4 Å². The second kappa shape index (κ2) is 6.16. The lowest BCUT2D eigenvalue weighted by Gasteiger charge is -2.29. The molecule has 0 N–H and O–H groups in total. The number of ketones is 1. The van der Waals surface area contributed by atoms with Gasteiger partial charge in [-0.25, -0.2) is 13.6 Å². The van der Waals surface area contributed by atoms with E-state index in [2.05, 4.69) is 0 Å².